The van der Waals surface area contributed by atoms with Crippen LogP contribution in [0.4, 0.5) is 0 Å². The van der Waals surface area contributed by atoms with Gasteiger partial charge < -0.3 is 19.5 Å². The first-order chi connectivity index (χ1) is 17.0. The second kappa shape index (κ2) is 11.0. The summed E-state index contributed by atoms with van der Waals surface area (Å²) in [7, 11) is 1.58. The first-order valence-corrected chi connectivity index (χ1v) is 11.5. The molecule has 0 aliphatic carbocycles. The fraction of sp³-hybridized carbons (Fsp3) is 0.250. The normalized spacial score (nSPS) is 17.1. The number of pyridine rings is 1. The number of amides is 1. The molecule has 4 rings (SSSR count). The molecular weight excluding hydrogens is 444 g/mol. The highest BCUT2D eigenvalue weighted by molar-refractivity contribution is 6.46. The Morgan fingerprint density at radius 1 is 1.03 bits per heavy atom. The Labute approximate surface area is 204 Å². The third-order valence-corrected chi connectivity index (χ3v) is 6.11. The number of likely N-dealkylation sites (tertiary alicyclic amines) is 1. The van der Waals surface area contributed by atoms with Crippen LogP contribution in [0.3, 0.4) is 0 Å². The molecule has 2 heterocycles. The molecule has 0 spiro atoms. The third-order valence-electron chi connectivity index (χ3n) is 6.11. The SMILES string of the molecule is COCCCN1C(=O)C(=O)/C(=C(/[O-])c2ccc(OCc3ccccc3C)cc2)C1c1cc[nH+]cc1. The molecule has 0 saturated carbocycles. The Balaban J connectivity index is 1.62. The second-order valence-electron chi connectivity index (χ2n) is 8.39. The number of H-pyrrole nitrogens is 1. The summed E-state index contributed by atoms with van der Waals surface area (Å²) in [6.07, 6.45) is 3.97. The van der Waals surface area contributed by atoms with Gasteiger partial charge in [0.15, 0.2) is 12.4 Å². The predicted molar refractivity (Wildman–Crippen MR) is 128 cm³/mol. The first kappa shape index (κ1) is 24.2. The van der Waals surface area contributed by atoms with Gasteiger partial charge in [0.2, 0.25) is 5.78 Å². The summed E-state index contributed by atoms with van der Waals surface area (Å²) in [6, 6.07) is 17.4. The molecule has 0 radical (unpaired) electrons. The van der Waals surface area contributed by atoms with Gasteiger partial charge in [-0.05, 0) is 47.7 Å². The fourth-order valence-corrected chi connectivity index (χ4v) is 4.20. The standard InChI is InChI=1S/C28H28N2O5/c1-19-6-3-4-7-22(19)18-35-23-10-8-21(9-11-23)26(31)24-25(20-12-14-29-15-13-20)30(16-5-17-34-2)28(33)27(24)32/h3-4,6-15,25,31H,5,16-18H2,1-2H3/b26-24+. The number of nitrogens with one attached hydrogen (secondary N) is 1. The molecule has 35 heavy (non-hydrogen) atoms. The lowest BCUT2D eigenvalue weighted by molar-refractivity contribution is -0.378. The predicted octanol–water partition coefficient (Wildman–Crippen LogP) is 2.65. The molecule has 1 N–H and O–H groups in total. The van der Waals surface area contributed by atoms with Gasteiger partial charge in [-0.3, -0.25) is 9.59 Å². The highest BCUT2D eigenvalue weighted by Gasteiger charge is 2.44. The van der Waals surface area contributed by atoms with Crippen molar-refractivity contribution in [2.24, 2.45) is 0 Å². The lowest BCUT2D eigenvalue weighted by Gasteiger charge is -2.27. The Hall–Kier alpha value is -3.97. The Kier molecular flexibility index (Phi) is 7.57. The van der Waals surface area contributed by atoms with Gasteiger partial charge in [0, 0.05) is 38.0 Å². The number of nitrogens with zero attached hydrogens (tertiary/aromatic N) is 1. The maximum Gasteiger partial charge on any atom is 0.295 e. The minimum absolute atomic E-state index is 0.0350. The van der Waals surface area contributed by atoms with E-state index in [0.29, 0.717) is 43.1 Å². The van der Waals surface area contributed by atoms with Crippen LogP contribution < -0.4 is 14.8 Å². The van der Waals surface area contributed by atoms with Crippen molar-refractivity contribution in [2.45, 2.75) is 26.0 Å². The highest BCUT2D eigenvalue weighted by Crippen LogP contribution is 2.38. The van der Waals surface area contributed by atoms with Crippen molar-refractivity contribution in [3.63, 3.8) is 0 Å². The van der Waals surface area contributed by atoms with E-state index in [-0.39, 0.29) is 5.57 Å². The number of aryl methyl sites for hydroxylation is 1. The van der Waals surface area contributed by atoms with Crippen LogP contribution in [0.25, 0.3) is 5.76 Å². The number of aromatic nitrogens is 1. The number of rotatable bonds is 9. The number of methoxy groups -OCH3 is 1. The van der Waals surface area contributed by atoms with Gasteiger partial charge in [-0.25, -0.2) is 4.98 Å². The molecule has 1 aromatic heterocycles. The van der Waals surface area contributed by atoms with E-state index in [1.165, 1.54) is 4.90 Å². The zero-order valence-corrected chi connectivity index (χ0v) is 19.8. The van der Waals surface area contributed by atoms with Crippen molar-refractivity contribution in [2.75, 3.05) is 20.3 Å². The molecule has 7 heteroatoms. The molecule has 180 valence electrons. The summed E-state index contributed by atoms with van der Waals surface area (Å²) in [4.78, 5) is 30.3. The summed E-state index contributed by atoms with van der Waals surface area (Å²) in [5.74, 6) is -1.27. The van der Waals surface area contributed by atoms with Crippen molar-refractivity contribution in [1.82, 2.24) is 4.90 Å². The van der Waals surface area contributed by atoms with Gasteiger partial charge in [0.1, 0.15) is 12.4 Å². The molecule has 1 fully saturated rings. The van der Waals surface area contributed by atoms with Gasteiger partial charge >= 0.3 is 0 Å². The lowest BCUT2D eigenvalue weighted by atomic mass is 9.96. The average molecular weight is 473 g/mol. The van der Waals surface area contributed by atoms with Gasteiger partial charge in [0.05, 0.1) is 6.04 Å². The van der Waals surface area contributed by atoms with E-state index in [0.717, 1.165) is 11.1 Å². The quantitative estimate of drug-likeness (QED) is 0.207. The number of hydrogen-bond acceptors (Lipinski definition) is 5. The maximum atomic E-state index is 13.5. The number of benzene rings is 2. The number of hydrogen-bond donors (Lipinski definition) is 0. The molecule has 2 aromatic carbocycles. The van der Waals surface area contributed by atoms with Crippen LogP contribution >= 0.6 is 0 Å². The molecule has 1 aliphatic heterocycles. The van der Waals surface area contributed by atoms with Crippen LogP contribution in [-0.4, -0.2) is 36.9 Å². The molecule has 0 bridgehead atoms. The van der Waals surface area contributed by atoms with Crippen LogP contribution in [-0.2, 0) is 20.9 Å². The maximum absolute atomic E-state index is 13.5. The lowest BCUT2D eigenvalue weighted by Crippen LogP contribution is -2.31. The summed E-state index contributed by atoms with van der Waals surface area (Å²) < 4.78 is 11.0. The number of Topliss-reactive ketones (excluding diaryl/α,β-unsaturated/α-hetero) is 1. The van der Waals surface area contributed by atoms with Crippen molar-refractivity contribution in [1.29, 1.82) is 0 Å². The van der Waals surface area contributed by atoms with E-state index in [9.17, 15) is 14.7 Å². The van der Waals surface area contributed by atoms with E-state index in [4.69, 9.17) is 9.47 Å². The molecule has 3 aromatic rings. The van der Waals surface area contributed by atoms with Gasteiger partial charge in [-0.15, -0.1) is 0 Å². The molecule has 7 nitrogen and oxygen atoms in total. The summed E-state index contributed by atoms with van der Waals surface area (Å²) in [5, 5.41) is 13.5. The van der Waals surface area contributed by atoms with E-state index < -0.39 is 23.5 Å². The van der Waals surface area contributed by atoms with Crippen molar-refractivity contribution in [3.05, 3.63) is 101 Å². The van der Waals surface area contributed by atoms with E-state index in [1.54, 1.807) is 55.9 Å². The molecule has 1 atom stereocenters. The van der Waals surface area contributed by atoms with Crippen molar-refractivity contribution in [3.8, 4) is 5.75 Å². The summed E-state index contributed by atoms with van der Waals surface area (Å²) in [5.41, 5.74) is 3.21. The van der Waals surface area contributed by atoms with E-state index in [2.05, 4.69) is 4.98 Å². The van der Waals surface area contributed by atoms with E-state index in [1.807, 2.05) is 31.2 Å². The third kappa shape index (κ3) is 5.25. The second-order valence-corrected chi connectivity index (χ2v) is 8.39. The minimum atomic E-state index is -0.759. The van der Waals surface area contributed by atoms with Crippen molar-refractivity contribution < 1.29 is 29.2 Å². The number of carbonyl (C=O) groups excluding carboxylic acids is 2. The smallest absolute Gasteiger partial charge is 0.295 e. The van der Waals surface area contributed by atoms with Crippen LogP contribution in [0.15, 0.2) is 78.6 Å². The average Bonchev–Trinajstić information content (AvgIpc) is 3.14. The Morgan fingerprint density at radius 2 is 1.74 bits per heavy atom. The molecule has 1 amide bonds. The Bertz CT molecular complexity index is 1220. The van der Waals surface area contributed by atoms with Crippen LogP contribution in [0, 0.1) is 6.92 Å². The first-order valence-electron chi connectivity index (χ1n) is 11.5. The van der Waals surface area contributed by atoms with E-state index >= 15 is 0 Å². The largest absolute Gasteiger partial charge is 0.872 e. The zero-order valence-electron chi connectivity index (χ0n) is 19.8. The summed E-state index contributed by atoms with van der Waals surface area (Å²) >= 11 is 0. The number of carbonyl (C=O) groups is 2. The van der Waals surface area contributed by atoms with Crippen molar-refractivity contribution >= 4 is 17.4 Å². The zero-order chi connectivity index (χ0) is 24.8. The number of ketones is 1. The van der Waals surface area contributed by atoms with Crippen LogP contribution in [0.1, 0.15) is 34.7 Å². The topological polar surface area (TPSA) is 93.0 Å². The molecule has 1 saturated heterocycles. The summed E-state index contributed by atoms with van der Waals surface area (Å²) in [6.45, 7) is 3.19. The van der Waals surface area contributed by atoms with Gasteiger partial charge in [-0.1, -0.05) is 42.2 Å². The van der Waals surface area contributed by atoms with Crippen LogP contribution in [0.2, 0.25) is 0 Å². The minimum Gasteiger partial charge on any atom is -0.872 e. The fourth-order valence-electron chi connectivity index (χ4n) is 4.20. The molecule has 1 aliphatic rings. The monoisotopic (exact) mass is 472 g/mol. The molecular formula is C28H28N2O5. The Morgan fingerprint density at radius 3 is 2.43 bits per heavy atom. The van der Waals surface area contributed by atoms with Crippen LogP contribution in [0.5, 0.6) is 5.75 Å². The number of ether oxygens (including phenoxy) is 2. The van der Waals surface area contributed by atoms with Gasteiger partial charge in [-0.2, -0.15) is 0 Å². The van der Waals surface area contributed by atoms with Gasteiger partial charge in [0.25, 0.3) is 5.91 Å². The number of aromatic amines is 1. The highest BCUT2D eigenvalue weighted by atomic mass is 16.5. The molecule has 1 unspecified atom stereocenters.